The molecule has 0 aliphatic heterocycles. The van der Waals surface area contributed by atoms with Crippen LogP contribution in [0.1, 0.15) is 5.56 Å². The highest BCUT2D eigenvalue weighted by Gasteiger charge is 2.04. The van der Waals surface area contributed by atoms with Gasteiger partial charge in [-0.3, -0.25) is 0 Å². The van der Waals surface area contributed by atoms with Crippen molar-refractivity contribution < 1.29 is 4.74 Å². The topological polar surface area (TPSA) is 45.0 Å². The van der Waals surface area contributed by atoms with Crippen molar-refractivity contribution in [3.63, 3.8) is 0 Å². The zero-order valence-electron chi connectivity index (χ0n) is 9.77. The molecule has 0 heterocycles. The van der Waals surface area contributed by atoms with Crippen LogP contribution in [0.25, 0.3) is 0 Å². The van der Waals surface area contributed by atoms with E-state index in [1.807, 2.05) is 12.1 Å². The van der Waals surface area contributed by atoms with Gasteiger partial charge in [0.2, 0.25) is 0 Å². The van der Waals surface area contributed by atoms with Gasteiger partial charge < -0.3 is 10.1 Å². The summed E-state index contributed by atoms with van der Waals surface area (Å²) in [5, 5.41) is 12.9. The average Bonchev–Trinajstić information content (AvgIpc) is 2.41. The van der Waals surface area contributed by atoms with Crippen LogP contribution in [0, 0.1) is 11.3 Å². The van der Waals surface area contributed by atoms with E-state index in [1.165, 1.54) is 0 Å². The third-order valence-corrected chi connectivity index (χ3v) is 2.72. The summed E-state index contributed by atoms with van der Waals surface area (Å²) < 4.78 is 5.14. The maximum atomic E-state index is 9.05. The van der Waals surface area contributed by atoms with Crippen LogP contribution in [0.15, 0.2) is 42.5 Å². The van der Waals surface area contributed by atoms with Crippen molar-refractivity contribution in [2.45, 2.75) is 0 Å². The fourth-order valence-electron chi connectivity index (χ4n) is 1.54. The van der Waals surface area contributed by atoms with E-state index in [2.05, 4.69) is 11.4 Å². The van der Waals surface area contributed by atoms with Crippen LogP contribution in [-0.4, -0.2) is 7.11 Å². The van der Waals surface area contributed by atoms with Gasteiger partial charge in [0.05, 0.1) is 18.4 Å². The number of benzene rings is 2. The molecule has 2 aromatic rings. The second-order valence-corrected chi connectivity index (χ2v) is 4.09. The van der Waals surface area contributed by atoms with E-state index < -0.39 is 0 Å². The van der Waals surface area contributed by atoms with Gasteiger partial charge in [-0.15, -0.1) is 0 Å². The quantitative estimate of drug-likeness (QED) is 0.906. The normalized spacial score (nSPS) is 9.61. The molecule has 0 amide bonds. The minimum atomic E-state index is 0.561. The van der Waals surface area contributed by atoms with Gasteiger partial charge in [0.1, 0.15) is 11.8 Å². The second kappa shape index (κ2) is 5.44. The minimum Gasteiger partial charge on any atom is -0.497 e. The molecule has 1 N–H and O–H groups in total. The molecular weight excluding hydrogens is 248 g/mol. The lowest BCUT2D eigenvalue weighted by Gasteiger charge is -2.10. The van der Waals surface area contributed by atoms with Crippen molar-refractivity contribution in [1.82, 2.24) is 0 Å². The first-order chi connectivity index (χ1) is 8.72. The van der Waals surface area contributed by atoms with Crippen LogP contribution in [-0.2, 0) is 0 Å². The van der Waals surface area contributed by atoms with Crippen LogP contribution in [0.3, 0.4) is 0 Å². The number of methoxy groups -OCH3 is 1. The Bertz CT molecular complexity index is 588. The van der Waals surface area contributed by atoms with Crippen LogP contribution in [0.4, 0.5) is 11.4 Å². The second-order valence-electron chi connectivity index (χ2n) is 3.66. The Morgan fingerprint density at radius 1 is 1.17 bits per heavy atom. The van der Waals surface area contributed by atoms with E-state index in [1.54, 1.807) is 37.4 Å². The molecule has 90 valence electrons. The highest BCUT2D eigenvalue weighted by molar-refractivity contribution is 6.30. The van der Waals surface area contributed by atoms with Crippen LogP contribution in [0.2, 0.25) is 5.02 Å². The Labute approximate surface area is 111 Å². The van der Waals surface area contributed by atoms with Crippen molar-refractivity contribution in [1.29, 1.82) is 5.26 Å². The zero-order chi connectivity index (χ0) is 13.0. The summed E-state index contributed by atoms with van der Waals surface area (Å²) in [7, 11) is 1.59. The first kappa shape index (κ1) is 12.3. The van der Waals surface area contributed by atoms with Crippen molar-refractivity contribution in [2.24, 2.45) is 0 Å². The molecule has 3 nitrogen and oxygen atoms in total. The SMILES string of the molecule is COc1ccc(C#N)c(Nc2ccc(Cl)cc2)c1. The highest BCUT2D eigenvalue weighted by Crippen LogP contribution is 2.26. The molecule has 0 aromatic heterocycles. The molecule has 2 rings (SSSR count). The van der Waals surface area contributed by atoms with E-state index in [0.29, 0.717) is 22.0 Å². The molecule has 0 aliphatic rings. The first-order valence-corrected chi connectivity index (χ1v) is 5.71. The van der Waals surface area contributed by atoms with Crippen molar-refractivity contribution in [3.05, 3.63) is 53.1 Å². The molecule has 0 bridgehead atoms. The number of nitriles is 1. The lowest BCUT2D eigenvalue weighted by molar-refractivity contribution is 0.415. The molecule has 4 heteroatoms. The monoisotopic (exact) mass is 258 g/mol. The molecule has 0 spiro atoms. The number of anilines is 2. The highest BCUT2D eigenvalue weighted by atomic mass is 35.5. The number of halogens is 1. The number of ether oxygens (including phenoxy) is 1. The molecule has 0 aliphatic carbocycles. The molecule has 0 saturated heterocycles. The van der Waals surface area contributed by atoms with Crippen LogP contribution < -0.4 is 10.1 Å². The van der Waals surface area contributed by atoms with Gasteiger partial charge in [0.15, 0.2) is 0 Å². The fourth-order valence-corrected chi connectivity index (χ4v) is 1.67. The number of nitrogens with one attached hydrogen (secondary N) is 1. The van der Waals surface area contributed by atoms with Gasteiger partial charge in [0, 0.05) is 16.8 Å². The molecule has 18 heavy (non-hydrogen) atoms. The Morgan fingerprint density at radius 3 is 2.50 bits per heavy atom. The summed E-state index contributed by atoms with van der Waals surface area (Å²) >= 11 is 5.82. The van der Waals surface area contributed by atoms with Gasteiger partial charge in [-0.25, -0.2) is 0 Å². The lowest BCUT2D eigenvalue weighted by Crippen LogP contribution is -1.94. The van der Waals surface area contributed by atoms with Gasteiger partial charge in [-0.05, 0) is 36.4 Å². The number of nitrogens with zero attached hydrogens (tertiary/aromatic N) is 1. The van der Waals surface area contributed by atoms with Gasteiger partial charge >= 0.3 is 0 Å². The summed E-state index contributed by atoms with van der Waals surface area (Å²) in [6.07, 6.45) is 0. The summed E-state index contributed by atoms with van der Waals surface area (Å²) in [4.78, 5) is 0. The predicted molar refractivity (Wildman–Crippen MR) is 72.4 cm³/mol. The molecule has 0 saturated carbocycles. The summed E-state index contributed by atoms with van der Waals surface area (Å²) in [5.41, 5.74) is 2.13. The Kier molecular flexibility index (Phi) is 3.71. The van der Waals surface area contributed by atoms with E-state index >= 15 is 0 Å². The molecule has 0 atom stereocenters. The van der Waals surface area contributed by atoms with Gasteiger partial charge in [-0.2, -0.15) is 5.26 Å². The van der Waals surface area contributed by atoms with E-state index in [-0.39, 0.29) is 0 Å². The molecular formula is C14H11ClN2O. The molecule has 0 unspecified atom stereocenters. The smallest absolute Gasteiger partial charge is 0.121 e. The van der Waals surface area contributed by atoms with E-state index in [4.69, 9.17) is 21.6 Å². The number of hydrogen-bond acceptors (Lipinski definition) is 3. The maximum absolute atomic E-state index is 9.05. The van der Waals surface area contributed by atoms with Crippen LogP contribution in [0.5, 0.6) is 5.75 Å². The van der Waals surface area contributed by atoms with Crippen LogP contribution >= 0.6 is 11.6 Å². The van der Waals surface area contributed by atoms with Crippen molar-refractivity contribution in [2.75, 3.05) is 12.4 Å². The lowest BCUT2D eigenvalue weighted by atomic mass is 10.1. The summed E-state index contributed by atoms with van der Waals surface area (Å²) in [6.45, 7) is 0. The average molecular weight is 259 g/mol. The van der Waals surface area contributed by atoms with Crippen molar-refractivity contribution >= 4 is 23.0 Å². The van der Waals surface area contributed by atoms with E-state index in [9.17, 15) is 0 Å². The van der Waals surface area contributed by atoms with Gasteiger partial charge in [0.25, 0.3) is 0 Å². The third kappa shape index (κ3) is 2.73. The number of hydrogen-bond donors (Lipinski definition) is 1. The fraction of sp³-hybridized carbons (Fsp3) is 0.0714. The van der Waals surface area contributed by atoms with Crippen molar-refractivity contribution in [3.8, 4) is 11.8 Å². The zero-order valence-corrected chi connectivity index (χ0v) is 10.5. The molecule has 2 aromatic carbocycles. The largest absolute Gasteiger partial charge is 0.497 e. The standard InChI is InChI=1S/C14H11ClN2O/c1-18-13-7-2-10(9-16)14(8-13)17-12-5-3-11(15)4-6-12/h2-8,17H,1H3. The third-order valence-electron chi connectivity index (χ3n) is 2.47. The van der Waals surface area contributed by atoms with Gasteiger partial charge in [-0.1, -0.05) is 11.6 Å². The Balaban J connectivity index is 2.32. The summed E-state index contributed by atoms with van der Waals surface area (Å²) in [6, 6.07) is 14.7. The number of rotatable bonds is 3. The maximum Gasteiger partial charge on any atom is 0.121 e. The minimum absolute atomic E-state index is 0.561. The predicted octanol–water partition coefficient (Wildman–Crippen LogP) is 3.96. The first-order valence-electron chi connectivity index (χ1n) is 5.33. The Morgan fingerprint density at radius 2 is 1.89 bits per heavy atom. The molecule has 0 fully saturated rings. The van der Waals surface area contributed by atoms with E-state index in [0.717, 1.165) is 5.69 Å². The molecule has 0 radical (unpaired) electrons. The Hall–Kier alpha value is -2.18. The summed E-state index contributed by atoms with van der Waals surface area (Å²) in [5.74, 6) is 0.700.